The number of hydrogen-bond acceptors (Lipinski definition) is 7. The topological polar surface area (TPSA) is 116 Å². The summed E-state index contributed by atoms with van der Waals surface area (Å²) < 4.78 is 5.86. The van der Waals surface area contributed by atoms with Crippen LogP contribution in [-0.4, -0.2) is 55.9 Å². The third-order valence-corrected chi connectivity index (χ3v) is 12.5. The quantitative estimate of drug-likeness (QED) is 0.0938. The molecule has 6 atom stereocenters. The van der Waals surface area contributed by atoms with E-state index in [0.717, 1.165) is 16.3 Å². The van der Waals surface area contributed by atoms with Crippen molar-refractivity contribution in [2.24, 2.45) is 17.8 Å². The molecule has 1 saturated carbocycles. The second-order valence-corrected chi connectivity index (χ2v) is 15.0. The molecule has 0 radical (unpaired) electrons. The van der Waals surface area contributed by atoms with Crippen molar-refractivity contribution < 1.29 is 29.0 Å². The molecule has 4 aliphatic rings. The highest BCUT2D eigenvalue weighted by Gasteiger charge is 2.76. The molecule has 3 aromatic carbocycles. The number of carbonyl (C=O) groups is 4. The van der Waals surface area contributed by atoms with Crippen LogP contribution in [0.3, 0.4) is 0 Å². The van der Waals surface area contributed by atoms with Crippen molar-refractivity contribution in [3.05, 3.63) is 87.5 Å². The first-order valence-electron chi connectivity index (χ1n) is 14.8. The Balaban J connectivity index is 1.30. The number of benzene rings is 3. The number of para-hydroxylation sites is 1. The highest BCUT2D eigenvalue weighted by atomic mass is 127. The van der Waals surface area contributed by atoms with Crippen LogP contribution in [0.1, 0.15) is 24.3 Å². The van der Waals surface area contributed by atoms with Gasteiger partial charge in [0.05, 0.1) is 33.7 Å². The van der Waals surface area contributed by atoms with Gasteiger partial charge in [0.15, 0.2) is 21.2 Å². The molecule has 2 aliphatic heterocycles. The van der Waals surface area contributed by atoms with Crippen LogP contribution in [0.2, 0.25) is 0 Å². The number of anilines is 3. The lowest BCUT2D eigenvalue weighted by Crippen LogP contribution is -2.60. The Morgan fingerprint density at radius 2 is 1.66 bits per heavy atom. The van der Waals surface area contributed by atoms with E-state index in [1.165, 1.54) is 12.0 Å². The number of amides is 4. The Hall–Kier alpha value is -3.13. The van der Waals surface area contributed by atoms with Crippen LogP contribution in [0.4, 0.5) is 17.1 Å². The zero-order chi connectivity index (χ0) is 33.4. The van der Waals surface area contributed by atoms with E-state index in [1.54, 1.807) is 36.4 Å². The lowest BCUT2D eigenvalue weighted by atomic mass is 9.56. The minimum Gasteiger partial charge on any atom is -0.504 e. The molecule has 4 amide bonds. The van der Waals surface area contributed by atoms with E-state index in [1.807, 2.05) is 59.0 Å². The molecule has 7 rings (SSSR count). The van der Waals surface area contributed by atoms with Gasteiger partial charge in [0.2, 0.25) is 11.8 Å². The molecule has 0 bridgehead atoms. The fraction of sp³-hybridized carbons (Fsp3) is 0.294. The Morgan fingerprint density at radius 1 is 0.979 bits per heavy atom. The summed E-state index contributed by atoms with van der Waals surface area (Å²) in [6.45, 7) is 0. The highest BCUT2D eigenvalue weighted by Crippen LogP contribution is 2.66. The van der Waals surface area contributed by atoms with Crippen LogP contribution >= 0.6 is 61.7 Å². The van der Waals surface area contributed by atoms with E-state index in [9.17, 15) is 24.3 Å². The molecule has 2 heterocycles. The van der Waals surface area contributed by atoms with Crippen molar-refractivity contribution in [1.29, 1.82) is 0 Å². The number of likely N-dealkylation sites (tertiary alicyclic amines) is 1. The summed E-state index contributed by atoms with van der Waals surface area (Å²) in [6, 6.07) is 19.9. The lowest BCUT2D eigenvalue weighted by molar-refractivity contribution is -0.138. The van der Waals surface area contributed by atoms with Gasteiger partial charge in [-0.2, -0.15) is 0 Å². The third-order valence-electron chi connectivity index (χ3n) is 9.81. The van der Waals surface area contributed by atoms with Gasteiger partial charge >= 0.3 is 0 Å². The predicted molar refractivity (Wildman–Crippen MR) is 189 cm³/mol. The number of methoxy groups -OCH3 is 1. The maximum Gasteiger partial charge on any atom is 0.254 e. The molecule has 9 nitrogen and oxygen atoms in total. The Labute approximate surface area is 302 Å². The average molecular weight is 851 g/mol. The third kappa shape index (κ3) is 4.67. The first-order chi connectivity index (χ1) is 22.5. The first kappa shape index (κ1) is 32.4. The van der Waals surface area contributed by atoms with Crippen molar-refractivity contribution in [1.82, 2.24) is 4.90 Å². The van der Waals surface area contributed by atoms with E-state index in [0.29, 0.717) is 20.4 Å². The molecule has 3 fully saturated rings. The second kappa shape index (κ2) is 11.8. The number of hydrogen-bond donors (Lipinski definition) is 2. The van der Waals surface area contributed by atoms with E-state index in [-0.39, 0.29) is 35.7 Å². The smallest absolute Gasteiger partial charge is 0.254 e. The molecule has 13 heteroatoms. The minimum atomic E-state index is -1.95. The first-order valence-corrected chi connectivity index (χ1v) is 17.8. The van der Waals surface area contributed by atoms with Crippen LogP contribution in [0.25, 0.3) is 0 Å². The zero-order valence-electron chi connectivity index (χ0n) is 24.8. The lowest BCUT2D eigenvalue weighted by Gasteiger charge is -2.50. The number of rotatable bonds is 6. The summed E-state index contributed by atoms with van der Waals surface area (Å²) in [5.41, 5.74) is 3.15. The van der Waals surface area contributed by atoms with Gasteiger partial charge in [0.1, 0.15) is 0 Å². The number of halogens is 4. The van der Waals surface area contributed by atoms with Crippen molar-refractivity contribution in [3.63, 3.8) is 0 Å². The Bertz CT molecular complexity index is 1880. The number of allylic oxidation sites excluding steroid dienone is 2. The molecule has 2 N–H and O–H groups in total. The van der Waals surface area contributed by atoms with Crippen molar-refractivity contribution in [2.75, 3.05) is 22.8 Å². The van der Waals surface area contributed by atoms with E-state index in [2.05, 4.69) is 21.2 Å². The van der Waals surface area contributed by atoms with Gasteiger partial charge in [-0.1, -0.05) is 45.8 Å². The van der Waals surface area contributed by atoms with Crippen LogP contribution in [-0.2, 0) is 19.2 Å². The molecule has 0 aromatic heterocycles. The van der Waals surface area contributed by atoms with Gasteiger partial charge < -0.3 is 15.2 Å². The van der Waals surface area contributed by atoms with E-state index >= 15 is 0 Å². The largest absolute Gasteiger partial charge is 0.504 e. The molecule has 0 spiro atoms. The van der Waals surface area contributed by atoms with Gasteiger partial charge in [-0.3, -0.25) is 29.0 Å². The van der Waals surface area contributed by atoms with Crippen LogP contribution in [0.15, 0.2) is 78.4 Å². The van der Waals surface area contributed by atoms with Gasteiger partial charge in [-0.05, 0) is 95.4 Å². The number of imide groups is 2. The number of fused-ring (bicyclic) bond motifs is 4. The molecular weight excluding hydrogens is 824 g/mol. The van der Waals surface area contributed by atoms with Gasteiger partial charge in [0, 0.05) is 17.3 Å². The second-order valence-electron chi connectivity index (χ2n) is 12.1. The van der Waals surface area contributed by atoms with Crippen molar-refractivity contribution in [2.45, 2.75) is 28.5 Å². The summed E-state index contributed by atoms with van der Waals surface area (Å²) >= 11 is 19.8. The highest BCUT2D eigenvalue weighted by molar-refractivity contribution is 14.1. The molecular formula is C34H27BrCl2IN3O6. The maximum absolute atomic E-state index is 14.3. The number of carbonyl (C=O) groups excluding carboxylic acids is 4. The van der Waals surface area contributed by atoms with Gasteiger partial charge in [-0.15, -0.1) is 23.2 Å². The fourth-order valence-electron chi connectivity index (χ4n) is 7.68. The Morgan fingerprint density at radius 3 is 2.32 bits per heavy atom. The number of phenols is 1. The number of phenolic OH excluding ortho intramolecular Hbond substituents is 1. The molecule has 2 saturated heterocycles. The number of nitrogens with one attached hydrogen (secondary N) is 1. The van der Waals surface area contributed by atoms with Crippen LogP contribution < -0.4 is 15.0 Å². The molecule has 2 aliphatic carbocycles. The standard InChI is InChI=1S/C34H27BrCl2IN3O6/c1-47-25-14-17(13-24(38)28(25)42)27-21-11-12-22-26(23(21)15-33(36)31(45)40(16-35)32(46)34(27,33)37)30(44)41(29(22)43)20-9-7-19(8-10-20)39-18-5-3-2-4-6-18/h2-11,13-14,22-23,26-27,39,42H,12,15-16H2,1H3/t22-,23+,26-,27-,33+,34-/m0/s1. The van der Waals surface area contributed by atoms with Crippen molar-refractivity contribution >= 4 is 102 Å². The van der Waals surface area contributed by atoms with E-state index in [4.69, 9.17) is 27.9 Å². The van der Waals surface area contributed by atoms with Gasteiger partial charge in [0.25, 0.3) is 11.8 Å². The number of ether oxygens (including phenoxy) is 1. The SMILES string of the molecule is COc1cc([C@H]2C3=CC[C@@H]4C(=O)N(c5ccc(Nc6ccccc6)cc5)C(=O)[C@@H]4[C@@H]3C[C@@]3(Cl)C(=O)N(CBr)C(=O)[C@@]23Cl)cc(I)c1O. The summed E-state index contributed by atoms with van der Waals surface area (Å²) in [5.74, 6) is -5.15. The number of alkyl halides is 3. The average Bonchev–Trinajstić information content (AvgIpc) is 3.40. The summed E-state index contributed by atoms with van der Waals surface area (Å²) in [5, 5.41) is 13.9. The van der Waals surface area contributed by atoms with Crippen LogP contribution in [0, 0.1) is 21.3 Å². The monoisotopic (exact) mass is 849 g/mol. The fourth-order valence-corrected chi connectivity index (χ4v) is 9.73. The predicted octanol–water partition coefficient (Wildman–Crippen LogP) is 6.66. The number of nitrogens with zero attached hydrogens (tertiary/aromatic N) is 2. The van der Waals surface area contributed by atoms with Crippen LogP contribution in [0.5, 0.6) is 11.5 Å². The summed E-state index contributed by atoms with van der Waals surface area (Å²) in [6.07, 6.45) is 1.99. The maximum atomic E-state index is 14.3. The van der Waals surface area contributed by atoms with Gasteiger partial charge in [-0.25, -0.2) is 0 Å². The zero-order valence-corrected chi connectivity index (χ0v) is 30.0. The number of aromatic hydroxyl groups is 1. The molecule has 3 aromatic rings. The normalized spacial score (nSPS) is 29.8. The summed E-state index contributed by atoms with van der Waals surface area (Å²) in [4.78, 5) is 54.5. The minimum absolute atomic E-state index is 0.0873. The molecule has 242 valence electrons. The van der Waals surface area contributed by atoms with E-state index < -0.39 is 51.1 Å². The molecule has 47 heavy (non-hydrogen) atoms. The summed E-state index contributed by atoms with van der Waals surface area (Å²) in [7, 11) is 1.41. The molecule has 0 unspecified atom stereocenters. The Kier molecular flexibility index (Phi) is 8.13. The van der Waals surface area contributed by atoms with Crippen molar-refractivity contribution in [3.8, 4) is 11.5 Å².